The number of rotatable bonds is 5. The average molecular weight is 577 g/mol. The molecular formula is C32H28N6O3S. The van der Waals surface area contributed by atoms with E-state index >= 15 is 0 Å². The van der Waals surface area contributed by atoms with Crippen LogP contribution < -0.4 is 16.0 Å². The van der Waals surface area contributed by atoms with Crippen LogP contribution in [0.3, 0.4) is 0 Å². The first-order valence-corrected chi connectivity index (χ1v) is 14.2. The highest BCUT2D eigenvalue weighted by Crippen LogP contribution is 2.38. The summed E-state index contributed by atoms with van der Waals surface area (Å²) in [7, 11) is 3.57. The van der Waals surface area contributed by atoms with E-state index in [1.54, 1.807) is 36.5 Å². The molecule has 210 valence electrons. The van der Waals surface area contributed by atoms with Crippen molar-refractivity contribution in [2.45, 2.75) is 13.8 Å². The van der Waals surface area contributed by atoms with E-state index in [4.69, 9.17) is 4.99 Å². The fraction of sp³-hybridized carbons (Fsp3) is 0.125. The van der Waals surface area contributed by atoms with Gasteiger partial charge in [-0.1, -0.05) is 66.7 Å². The molecule has 1 aliphatic heterocycles. The first-order chi connectivity index (χ1) is 20.3. The molecule has 5 aromatic rings. The maximum absolute atomic E-state index is 14.0. The molecule has 1 saturated heterocycles. The second kappa shape index (κ2) is 10.7. The van der Waals surface area contributed by atoms with Crippen molar-refractivity contribution in [1.29, 1.82) is 0 Å². The zero-order chi connectivity index (χ0) is 29.5. The van der Waals surface area contributed by atoms with E-state index in [2.05, 4.69) is 0 Å². The standard InChI is InChI=1S/C32H28N6O3S/c1-21-27(30(40)37(34(21)3)24-16-10-6-11-17-24)33-32-36(29(39)26(42-32)20-23-14-8-5-9-15-23)28-22(2)35(4)38(31(28)41)25-18-12-7-13-19-25/h5-20H,1-4H3/b26-20-,33-32?. The summed E-state index contributed by atoms with van der Waals surface area (Å²) in [5, 5.41) is 0.235. The second-order valence-corrected chi connectivity index (χ2v) is 10.9. The molecule has 0 unspecified atom stereocenters. The van der Waals surface area contributed by atoms with Gasteiger partial charge in [-0.15, -0.1) is 0 Å². The molecule has 0 saturated carbocycles. The molecule has 0 atom stereocenters. The number of hydrogen-bond donors (Lipinski definition) is 0. The zero-order valence-electron chi connectivity index (χ0n) is 23.6. The van der Waals surface area contributed by atoms with Crippen molar-refractivity contribution in [3.8, 4) is 11.4 Å². The highest BCUT2D eigenvalue weighted by molar-refractivity contribution is 8.19. The van der Waals surface area contributed by atoms with E-state index in [0.717, 1.165) is 17.3 Å². The smallest absolute Gasteiger partial charge is 0.283 e. The topological polar surface area (TPSA) is 86.5 Å². The van der Waals surface area contributed by atoms with E-state index in [-0.39, 0.29) is 33.6 Å². The number of hydrogen-bond acceptors (Lipinski definition) is 5. The van der Waals surface area contributed by atoms with Crippen molar-refractivity contribution in [3.05, 3.63) is 134 Å². The van der Waals surface area contributed by atoms with Gasteiger partial charge >= 0.3 is 0 Å². The summed E-state index contributed by atoms with van der Waals surface area (Å²) in [5.74, 6) is -0.384. The lowest BCUT2D eigenvalue weighted by Gasteiger charge is -2.13. The summed E-state index contributed by atoms with van der Waals surface area (Å²) in [6.45, 7) is 3.60. The molecule has 1 amide bonds. The van der Waals surface area contributed by atoms with Crippen molar-refractivity contribution >= 4 is 40.3 Å². The van der Waals surface area contributed by atoms with Gasteiger partial charge in [0.2, 0.25) is 0 Å². The lowest BCUT2D eigenvalue weighted by molar-refractivity contribution is -0.113. The third-order valence-corrected chi connectivity index (χ3v) is 8.35. The summed E-state index contributed by atoms with van der Waals surface area (Å²) in [6, 6.07) is 28.0. The van der Waals surface area contributed by atoms with Crippen LogP contribution in [0, 0.1) is 13.8 Å². The van der Waals surface area contributed by atoms with Crippen LogP contribution in [0.4, 0.5) is 11.4 Å². The summed E-state index contributed by atoms with van der Waals surface area (Å²) < 4.78 is 6.52. The second-order valence-electron chi connectivity index (χ2n) is 9.88. The lowest BCUT2D eigenvalue weighted by Crippen LogP contribution is -2.34. The minimum absolute atomic E-state index is 0.186. The number of nitrogens with zero attached hydrogens (tertiary/aromatic N) is 6. The maximum atomic E-state index is 14.0. The lowest BCUT2D eigenvalue weighted by atomic mass is 10.2. The Balaban J connectivity index is 1.56. The van der Waals surface area contributed by atoms with Crippen molar-refractivity contribution < 1.29 is 4.79 Å². The molecule has 1 aliphatic rings. The molecule has 0 N–H and O–H groups in total. The van der Waals surface area contributed by atoms with Gasteiger partial charge < -0.3 is 0 Å². The van der Waals surface area contributed by atoms with E-state index < -0.39 is 0 Å². The van der Waals surface area contributed by atoms with E-state index in [0.29, 0.717) is 27.7 Å². The van der Waals surface area contributed by atoms with Gasteiger partial charge in [-0.2, -0.15) is 0 Å². The number of anilines is 1. The minimum atomic E-state index is -0.384. The summed E-state index contributed by atoms with van der Waals surface area (Å²) in [6.07, 6.45) is 1.77. The number of amidine groups is 1. The molecule has 3 heterocycles. The number of carbonyl (C=O) groups is 1. The van der Waals surface area contributed by atoms with Gasteiger partial charge in [0.25, 0.3) is 17.0 Å². The molecule has 0 aliphatic carbocycles. The molecule has 0 radical (unpaired) electrons. The van der Waals surface area contributed by atoms with Gasteiger partial charge in [0.1, 0.15) is 5.69 Å². The Labute approximate surface area is 246 Å². The number of amides is 1. The fourth-order valence-electron chi connectivity index (χ4n) is 5.04. The van der Waals surface area contributed by atoms with Crippen molar-refractivity contribution in [2.75, 3.05) is 4.90 Å². The Morgan fingerprint density at radius 1 is 0.667 bits per heavy atom. The van der Waals surface area contributed by atoms with Gasteiger partial charge in [-0.05, 0) is 61.5 Å². The van der Waals surface area contributed by atoms with Crippen molar-refractivity contribution in [2.24, 2.45) is 19.1 Å². The fourth-order valence-corrected chi connectivity index (χ4v) is 6.01. The van der Waals surface area contributed by atoms with E-state index in [9.17, 15) is 14.4 Å². The van der Waals surface area contributed by atoms with Gasteiger partial charge in [0.05, 0.1) is 27.7 Å². The van der Waals surface area contributed by atoms with E-state index in [1.807, 2.05) is 97.9 Å². The molecule has 0 spiro atoms. The van der Waals surface area contributed by atoms with Gasteiger partial charge in [-0.3, -0.25) is 23.7 Å². The van der Waals surface area contributed by atoms with Crippen LogP contribution in [0.25, 0.3) is 17.5 Å². The molecule has 2 aromatic heterocycles. The number of aromatic nitrogens is 4. The molecule has 3 aromatic carbocycles. The number of thioether (sulfide) groups is 1. The molecule has 10 heteroatoms. The van der Waals surface area contributed by atoms with Crippen LogP contribution >= 0.6 is 11.8 Å². The average Bonchev–Trinajstić information content (AvgIpc) is 3.50. The third kappa shape index (κ3) is 4.46. The van der Waals surface area contributed by atoms with Crippen LogP contribution in [0.2, 0.25) is 0 Å². The predicted octanol–water partition coefficient (Wildman–Crippen LogP) is 5.09. The number of aliphatic imine (C=N–C) groups is 1. The van der Waals surface area contributed by atoms with Crippen molar-refractivity contribution in [1.82, 2.24) is 18.7 Å². The minimum Gasteiger partial charge on any atom is -0.283 e. The van der Waals surface area contributed by atoms with Crippen LogP contribution in [0.1, 0.15) is 17.0 Å². The third-order valence-electron chi connectivity index (χ3n) is 7.38. The summed E-state index contributed by atoms with van der Waals surface area (Å²) >= 11 is 1.14. The SMILES string of the molecule is Cc1c(N=C2S/C(=C\c3ccccc3)C(=O)N2c2c(C)n(C)n(-c3ccccc3)c2=O)c(=O)n(-c2ccccc2)n1C. The number of carbonyl (C=O) groups excluding carboxylic acids is 1. The number of para-hydroxylation sites is 2. The first-order valence-electron chi connectivity index (χ1n) is 13.3. The Morgan fingerprint density at radius 3 is 1.74 bits per heavy atom. The molecular weight excluding hydrogens is 548 g/mol. The predicted molar refractivity (Wildman–Crippen MR) is 168 cm³/mol. The summed E-state index contributed by atoms with van der Waals surface area (Å²) in [5.41, 5.74) is 3.09. The van der Waals surface area contributed by atoms with Gasteiger partial charge in [-0.25, -0.2) is 19.3 Å². The highest BCUT2D eigenvalue weighted by Gasteiger charge is 2.39. The quantitative estimate of drug-likeness (QED) is 0.273. The largest absolute Gasteiger partial charge is 0.297 e. The number of benzene rings is 3. The van der Waals surface area contributed by atoms with Crippen molar-refractivity contribution in [3.63, 3.8) is 0 Å². The Bertz CT molecular complexity index is 2000. The molecule has 42 heavy (non-hydrogen) atoms. The first kappa shape index (κ1) is 27.1. The Hall–Kier alpha value is -5.09. The monoisotopic (exact) mass is 576 g/mol. The van der Waals surface area contributed by atoms with Crippen LogP contribution in [-0.4, -0.2) is 29.8 Å². The maximum Gasteiger partial charge on any atom is 0.297 e. The molecule has 0 bridgehead atoms. The van der Waals surface area contributed by atoms with E-state index in [1.165, 1.54) is 14.3 Å². The normalized spacial score (nSPS) is 15.3. The van der Waals surface area contributed by atoms with Crippen LogP contribution in [-0.2, 0) is 18.9 Å². The zero-order valence-corrected chi connectivity index (χ0v) is 24.4. The highest BCUT2D eigenvalue weighted by atomic mass is 32.2. The van der Waals surface area contributed by atoms with Gasteiger partial charge in [0, 0.05) is 14.1 Å². The Kier molecular flexibility index (Phi) is 6.91. The van der Waals surface area contributed by atoms with Crippen LogP contribution in [0.5, 0.6) is 0 Å². The van der Waals surface area contributed by atoms with Crippen LogP contribution in [0.15, 0.2) is 110 Å². The molecule has 9 nitrogen and oxygen atoms in total. The van der Waals surface area contributed by atoms with Gasteiger partial charge in [0.15, 0.2) is 10.9 Å². The molecule has 1 fully saturated rings. The summed E-state index contributed by atoms with van der Waals surface area (Å²) in [4.78, 5) is 48.3. The Morgan fingerprint density at radius 2 is 1.17 bits per heavy atom. The molecule has 6 rings (SSSR count).